The van der Waals surface area contributed by atoms with Crippen LogP contribution in [-0.2, 0) is 22.6 Å². The average molecular weight is 396 g/mol. The highest BCUT2D eigenvalue weighted by molar-refractivity contribution is 6.42. The summed E-state index contributed by atoms with van der Waals surface area (Å²) in [5, 5.41) is 12.5. The third-order valence-electron chi connectivity index (χ3n) is 3.90. The highest BCUT2D eigenvalue weighted by Crippen LogP contribution is 2.35. The monoisotopic (exact) mass is 395 g/mol. The number of carboxylic acid groups (broad SMARTS) is 1. The summed E-state index contributed by atoms with van der Waals surface area (Å²) in [6, 6.07) is 10.2. The van der Waals surface area contributed by atoms with Gasteiger partial charge in [-0.05, 0) is 42.2 Å². The van der Waals surface area contributed by atoms with Crippen LogP contribution in [0.4, 0.5) is 10.5 Å². The maximum Gasteiger partial charge on any atom is 0.412 e. The number of rotatable bonds is 4. The van der Waals surface area contributed by atoms with Crippen molar-refractivity contribution in [1.82, 2.24) is 0 Å². The van der Waals surface area contributed by atoms with Gasteiger partial charge in [-0.15, -0.1) is 0 Å². The number of aliphatic carboxylic acids is 1. The van der Waals surface area contributed by atoms with Gasteiger partial charge in [0.1, 0.15) is 12.4 Å². The van der Waals surface area contributed by atoms with Crippen LogP contribution in [0.5, 0.6) is 5.75 Å². The van der Waals surface area contributed by atoms with Gasteiger partial charge >= 0.3 is 12.1 Å². The third-order valence-corrected chi connectivity index (χ3v) is 4.64. The quantitative estimate of drug-likeness (QED) is 0.794. The zero-order chi connectivity index (χ0) is 18.7. The van der Waals surface area contributed by atoms with Crippen LogP contribution < -0.4 is 10.1 Å². The number of halogens is 2. The molecule has 2 N–H and O–H groups in total. The smallest absolute Gasteiger partial charge is 0.412 e. The number of ether oxygens (including phenoxy) is 2. The van der Waals surface area contributed by atoms with Crippen molar-refractivity contribution in [2.45, 2.75) is 25.6 Å². The summed E-state index contributed by atoms with van der Waals surface area (Å²) in [4.78, 5) is 23.2. The molecule has 6 nitrogen and oxygen atoms in total. The number of aryl methyl sites for hydroxylation is 1. The number of carbonyl (C=O) groups excluding carboxylic acids is 1. The molecule has 0 saturated carbocycles. The first-order valence-electron chi connectivity index (χ1n) is 7.83. The predicted molar refractivity (Wildman–Crippen MR) is 97.1 cm³/mol. The summed E-state index contributed by atoms with van der Waals surface area (Å²) in [5.74, 6) is -0.676. The molecule has 1 aliphatic heterocycles. The molecule has 0 unspecified atom stereocenters. The van der Waals surface area contributed by atoms with E-state index in [0.29, 0.717) is 39.9 Å². The van der Waals surface area contributed by atoms with Crippen molar-refractivity contribution in [3.05, 3.63) is 57.6 Å². The molecule has 1 amide bonds. The van der Waals surface area contributed by atoms with Gasteiger partial charge in [0, 0.05) is 0 Å². The highest BCUT2D eigenvalue weighted by Gasteiger charge is 2.27. The number of anilines is 1. The number of benzene rings is 2. The Morgan fingerprint density at radius 2 is 2.04 bits per heavy atom. The molecule has 0 fully saturated rings. The average Bonchev–Trinajstić information content (AvgIpc) is 2.62. The fourth-order valence-electron chi connectivity index (χ4n) is 2.61. The number of hydrogen-bond donors (Lipinski definition) is 2. The largest absolute Gasteiger partial charge is 0.479 e. The molecule has 3 rings (SSSR count). The summed E-state index contributed by atoms with van der Waals surface area (Å²) in [7, 11) is 0. The summed E-state index contributed by atoms with van der Waals surface area (Å²) in [6.07, 6.45) is -0.684. The molecule has 0 aromatic heterocycles. The lowest BCUT2D eigenvalue weighted by molar-refractivity contribution is -0.145. The zero-order valence-electron chi connectivity index (χ0n) is 13.5. The van der Waals surface area contributed by atoms with Crippen molar-refractivity contribution in [2.75, 3.05) is 5.32 Å². The van der Waals surface area contributed by atoms with E-state index in [1.165, 1.54) is 0 Å². The molecule has 26 heavy (non-hydrogen) atoms. The zero-order valence-corrected chi connectivity index (χ0v) is 15.0. The number of hydrogen-bond acceptors (Lipinski definition) is 4. The normalized spacial score (nSPS) is 15.5. The second-order valence-electron chi connectivity index (χ2n) is 5.73. The summed E-state index contributed by atoms with van der Waals surface area (Å²) in [5.41, 5.74) is 1.89. The van der Waals surface area contributed by atoms with Crippen LogP contribution in [0.1, 0.15) is 17.5 Å². The molecule has 1 aliphatic rings. The second kappa shape index (κ2) is 7.85. The molecule has 2 aromatic rings. The van der Waals surface area contributed by atoms with Crippen LogP contribution in [0.2, 0.25) is 10.0 Å². The van der Waals surface area contributed by atoms with Crippen molar-refractivity contribution in [3.8, 4) is 5.75 Å². The number of carbonyl (C=O) groups is 2. The van der Waals surface area contributed by atoms with Gasteiger partial charge < -0.3 is 14.6 Å². The van der Waals surface area contributed by atoms with E-state index >= 15 is 0 Å². The molecule has 0 radical (unpaired) electrons. The van der Waals surface area contributed by atoms with E-state index in [0.717, 1.165) is 5.56 Å². The van der Waals surface area contributed by atoms with E-state index in [1.807, 2.05) is 6.07 Å². The second-order valence-corrected chi connectivity index (χ2v) is 6.54. The lowest BCUT2D eigenvalue weighted by atomic mass is 10.0. The third kappa shape index (κ3) is 4.20. The van der Waals surface area contributed by atoms with Crippen LogP contribution in [0.3, 0.4) is 0 Å². The lowest BCUT2D eigenvalue weighted by Gasteiger charge is -2.25. The SMILES string of the molecule is O=C(Nc1cccc2c1O[C@H](C(=O)O)CC2)OCc1ccc(Cl)c(Cl)c1. The van der Waals surface area contributed by atoms with Crippen LogP contribution >= 0.6 is 23.2 Å². The first kappa shape index (κ1) is 18.4. The molecule has 1 heterocycles. The van der Waals surface area contributed by atoms with Crippen molar-refractivity contribution in [2.24, 2.45) is 0 Å². The van der Waals surface area contributed by atoms with Gasteiger partial charge in [0.2, 0.25) is 0 Å². The van der Waals surface area contributed by atoms with E-state index < -0.39 is 18.2 Å². The number of fused-ring (bicyclic) bond motifs is 1. The molecule has 8 heteroatoms. The van der Waals surface area contributed by atoms with Gasteiger partial charge in [-0.25, -0.2) is 9.59 Å². The number of carboxylic acids is 1. The predicted octanol–water partition coefficient (Wildman–Crippen LogP) is 4.52. The maximum absolute atomic E-state index is 12.1. The van der Waals surface area contributed by atoms with E-state index in [9.17, 15) is 9.59 Å². The maximum atomic E-state index is 12.1. The number of amides is 1. The van der Waals surface area contributed by atoms with Crippen molar-refractivity contribution in [3.63, 3.8) is 0 Å². The van der Waals surface area contributed by atoms with E-state index in [4.69, 9.17) is 37.8 Å². The first-order valence-corrected chi connectivity index (χ1v) is 8.58. The molecular weight excluding hydrogens is 381 g/mol. The van der Waals surface area contributed by atoms with E-state index in [1.54, 1.807) is 30.3 Å². The van der Waals surface area contributed by atoms with Gasteiger partial charge in [0.25, 0.3) is 0 Å². The van der Waals surface area contributed by atoms with Gasteiger partial charge in [-0.3, -0.25) is 5.32 Å². The molecule has 2 aromatic carbocycles. The minimum absolute atomic E-state index is 0.0103. The van der Waals surface area contributed by atoms with Crippen LogP contribution in [0, 0.1) is 0 Å². The molecule has 0 saturated heterocycles. The molecule has 0 spiro atoms. The molecule has 0 bridgehead atoms. The Morgan fingerprint density at radius 3 is 2.77 bits per heavy atom. The molecular formula is C18H15Cl2NO5. The molecule has 0 aliphatic carbocycles. The fourth-order valence-corrected chi connectivity index (χ4v) is 2.93. The van der Waals surface area contributed by atoms with Gasteiger partial charge in [-0.2, -0.15) is 0 Å². The molecule has 1 atom stereocenters. The highest BCUT2D eigenvalue weighted by atomic mass is 35.5. The summed E-state index contributed by atoms with van der Waals surface area (Å²) in [6.45, 7) is 0.0103. The topological polar surface area (TPSA) is 84.9 Å². The Morgan fingerprint density at radius 1 is 1.23 bits per heavy atom. The number of nitrogens with one attached hydrogen (secondary N) is 1. The van der Waals surface area contributed by atoms with Gasteiger partial charge in [-0.1, -0.05) is 41.4 Å². The minimum atomic E-state index is -1.03. The van der Waals surface area contributed by atoms with E-state index in [2.05, 4.69) is 5.32 Å². The van der Waals surface area contributed by atoms with Crippen LogP contribution in [0.25, 0.3) is 0 Å². The number of para-hydroxylation sites is 1. The van der Waals surface area contributed by atoms with Gasteiger partial charge in [0.15, 0.2) is 6.10 Å². The first-order chi connectivity index (χ1) is 12.4. The Labute approximate surface area is 159 Å². The standard InChI is InChI=1S/C18H15Cl2NO5/c19-12-6-4-10(8-13(12)20)9-25-18(24)21-14-3-1-2-11-5-7-15(17(22)23)26-16(11)14/h1-4,6,8,15H,5,7,9H2,(H,21,24)(H,22,23)/t15-/m0/s1. The van der Waals surface area contributed by atoms with Crippen LogP contribution in [0.15, 0.2) is 36.4 Å². The summed E-state index contributed by atoms with van der Waals surface area (Å²) < 4.78 is 10.7. The van der Waals surface area contributed by atoms with Gasteiger partial charge in [0.05, 0.1) is 15.7 Å². The van der Waals surface area contributed by atoms with Crippen molar-refractivity contribution in [1.29, 1.82) is 0 Å². The lowest BCUT2D eigenvalue weighted by Crippen LogP contribution is -2.31. The minimum Gasteiger partial charge on any atom is -0.479 e. The van der Waals surface area contributed by atoms with Crippen molar-refractivity contribution < 1.29 is 24.2 Å². The Bertz CT molecular complexity index is 855. The Kier molecular flexibility index (Phi) is 5.54. The molecule has 136 valence electrons. The Balaban J connectivity index is 1.66. The Hall–Kier alpha value is -2.44. The van der Waals surface area contributed by atoms with Crippen LogP contribution in [-0.4, -0.2) is 23.3 Å². The van der Waals surface area contributed by atoms with Crippen molar-refractivity contribution >= 4 is 41.0 Å². The fraction of sp³-hybridized carbons (Fsp3) is 0.222. The summed E-state index contributed by atoms with van der Waals surface area (Å²) >= 11 is 11.8. The van der Waals surface area contributed by atoms with E-state index in [-0.39, 0.29) is 6.61 Å².